The molecule has 0 amide bonds. The van der Waals surface area contributed by atoms with Gasteiger partial charge < -0.3 is 9.88 Å². The summed E-state index contributed by atoms with van der Waals surface area (Å²) in [6, 6.07) is 0. The van der Waals surface area contributed by atoms with Crippen LogP contribution >= 0.6 is 0 Å². The average molecular weight is 219 g/mol. The fourth-order valence-electron chi connectivity index (χ4n) is 1.51. The molecule has 84 valence electrons. The number of hydrogen-bond donors (Lipinski definition) is 1. The Bertz CT molecular complexity index is 352. The number of anilines is 1. The molecule has 0 bridgehead atoms. The Labute approximate surface area is 85.3 Å². The molecule has 0 saturated heterocycles. The summed E-state index contributed by atoms with van der Waals surface area (Å²) in [6.07, 6.45) is -0.773. The van der Waals surface area contributed by atoms with Crippen molar-refractivity contribution in [1.29, 1.82) is 0 Å². The maximum atomic E-state index is 12.6. The SMILES string of the molecule is CCn1ccnc1NC1(C(F)(F)F)CC1. The number of aryl methyl sites for hydroxylation is 1. The van der Waals surface area contributed by atoms with E-state index in [2.05, 4.69) is 10.3 Å². The second-order valence-corrected chi connectivity index (χ2v) is 3.74. The molecule has 3 nitrogen and oxygen atoms in total. The number of halogens is 3. The van der Waals surface area contributed by atoms with Crippen LogP contribution in [0.2, 0.25) is 0 Å². The molecule has 6 heteroatoms. The summed E-state index contributed by atoms with van der Waals surface area (Å²) in [5, 5.41) is 2.50. The van der Waals surface area contributed by atoms with E-state index < -0.39 is 11.7 Å². The van der Waals surface area contributed by atoms with E-state index in [9.17, 15) is 13.2 Å². The second-order valence-electron chi connectivity index (χ2n) is 3.74. The summed E-state index contributed by atoms with van der Waals surface area (Å²) in [6.45, 7) is 2.47. The Morgan fingerprint density at radius 2 is 2.20 bits per heavy atom. The van der Waals surface area contributed by atoms with Crippen molar-refractivity contribution in [2.24, 2.45) is 0 Å². The summed E-state index contributed by atoms with van der Waals surface area (Å²) < 4.78 is 39.5. The predicted molar refractivity (Wildman–Crippen MR) is 49.5 cm³/mol. The summed E-state index contributed by atoms with van der Waals surface area (Å²) in [4.78, 5) is 3.88. The Hall–Kier alpha value is -1.20. The van der Waals surface area contributed by atoms with Crippen LogP contribution in [0.25, 0.3) is 0 Å². The lowest BCUT2D eigenvalue weighted by Crippen LogP contribution is -2.39. The number of nitrogens with one attached hydrogen (secondary N) is 1. The van der Waals surface area contributed by atoms with Crippen LogP contribution in [0.15, 0.2) is 12.4 Å². The second kappa shape index (κ2) is 3.15. The topological polar surface area (TPSA) is 29.9 Å². The number of alkyl halides is 3. The van der Waals surface area contributed by atoms with Crippen molar-refractivity contribution in [2.45, 2.75) is 38.0 Å². The number of nitrogens with zero attached hydrogens (tertiary/aromatic N) is 2. The highest BCUT2D eigenvalue weighted by Gasteiger charge is 2.64. The molecule has 1 aromatic heterocycles. The van der Waals surface area contributed by atoms with Crippen molar-refractivity contribution in [1.82, 2.24) is 9.55 Å². The average Bonchev–Trinajstić information content (AvgIpc) is 2.78. The first-order chi connectivity index (χ1) is 6.98. The zero-order valence-corrected chi connectivity index (χ0v) is 8.30. The van der Waals surface area contributed by atoms with Crippen LogP contribution in [0.1, 0.15) is 19.8 Å². The highest BCUT2D eigenvalue weighted by molar-refractivity contribution is 5.36. The minimum Gasteiger partial charge on any atom is -0.341 e. The van der Waals surface area contributed by atoms with Gasteiger partial charge in [-0.25, -0.2) is 4.98 Å². The van der Waals surface area contributed by atoms with Crippen LogP contribution in [-0.2, 0) is 6.54 Å². The minimum atomic E-state index is -4.20. The van der Waals surface area contributed by atoms with Gasteiger partial charge in [-0.2, -0.15) is 13.2 Å². The molecule has 0 aliphatic heterocycles. The summed E-state index contributed by atoms with van der Waals surface area (Å²) >= 11 is 0. The monoisotopic (exact) mass is 219 g/mol. The molecule has 2 rings (SSSR count). The van der Waals surface area contributed by atoms with Crippen molar-refractivity contribution < 1.29 is 13.2 Å². The lowest BCUT2D eigenvalue weighted by Gasteiger charge is -2.21. The highest BCUT2D eigenvalue weighted by atomic mass is 19.4. The molecule has 1 fully saturated rings. The standard InChI is InChI=1S/C9H12F3N3/c1-2-15-6-5-13-7(15)14-8(3-4-8)9(10,11)12/h5-6H,2-4H2,1H3,(H,13,14). The fourth-order valence-corrected chi connectivity index (χ4v) is 1.51. The third kappa shape index (κ3) is 1.68. The fraction of sp³-hybridized carbons (Fsp3) is 0.667. The van der Waals surface area contributed by atoms with Gasteiger partial charge in [-0.1, -0.05) is 0 Å². The zero-order valence-electron chi connectivity index (χ0n) is 8.30. The Morgan fingerprint density at radius 1 is 1.53 bits per heavy atom. The molecular formula is C9H12F3N3. The smallest absolute Gasteiger partial charge is 0.341 e. The zero-order chi connectivity index (χ0) is 11.1. The minimum absolute atomic E-state index is 0.132. The molecule has 0 atom stereocenters. The Kier molecular flexibility index (Phi) is 2.17. The molecule has 1 aromatic rings. The van der Waals surface area contributed by atoms with Gasteiger partial charge in [0.05, 0.1) is 0 Å². The summed E-state index contributed by atoms with van der Waals surface area (Å²) in [5.41, 5.74) is -1.73. The van der Waals surface area contributed by atoms with Crippen LogP contribution in [0, 0.1) is 0 Å². The summed E-state index contributed by atoms with van der Waals surface area (Å²) in [7, 11) is 0. The van der Waals surface area contributed by atoms with E-state index in [-0.39, 0.29) is 12.8 Å². The van der Waals surface area contributed by atoms with Crippen molar-refractivity contribution in [3.05, 3.63) is 12.4 Å². The molecule has 1 aliphatic rings. The largest absolute Gasteiger partial charge is 0.411 e. The molecule has 0 radical (unpaired) electrons. The predicted octanol–water partition coefficient (Wildman–Crippen LogP) is 2.41. The van der Waals surface area contributed by atoms with Gasteiger partial charge in [0.1, 0.15) is 5.54 Å². The third-order valence-electron chi connectivity index (χ3n) is 2.70. The van der Waals surface area contributed by atoms with Crippen LogP contribution in [0.3, 0.4) is 0 Å². The van der Waals surface area contributed by atoms with Gasteiger partial charge in [-0.3, -0.25) is 0 Å². The third-order valence-corrected chi connectivity index (χ3v) is 2.70. The van der Waals surface area contributed by atoms with E-state index in [1.54, 1.807) is 10.8 Å². The molecule has 0 spiro atoms. The van der Waals surface area contributed by atoms with Crippen molar-refractivity contribution in [3.63, 3.8) is 0 Å². The van der Waals surface area contributed by atoms with Gasteiger partial charge in [0.25, 0.3) is 0 Å². The Morgan fingerprint density at radius 3 is 2.67 bits per heavy atom. The van der Waals surface area contributed by atoms with Gasteiger partial charge in [-0.05, 0) is 19.8 Å². The molecule has 1 saturated carbocycles. The van der Waals surface area contributed by atoms with E-state index in [0.717, 1.165) is 0 Å². The van der Waals surface area contributed by atoms with E-state index >= 15 is 0 Å². The van der Waals surface area contributed by atoms with Crippen LogP contribution < -0.4 is 5.32 Å². The maximum Gasteiger partial charge on any atom is 0.411 e. The van der Waals surface area contributed by atoms with Gasteiger partial charge in [0.2, 0.25) is 5.95 Å². The van der Waals surface area contributed by atoms with Crippen molar-refractivity contribution >= 4 is 5.95 Å². The first-order valence-electron chi connectivity index (χ1n) is 4.84. The van der Waals surface area contributed by atoms with E-state index in [1.165, 1.54) is 6.20 Å². The van der Waals surface area contributed by atoms with E-state index in [1.807, 2.05) is 6.92 Å². The van der Waals surface area contributed by atoms with E-state index in [0.29, 0.717) is 12.5 Å². The molecule has 0 aromatic carbocycles. The molecule has 0 unspecified atom stereocenters. The van der Waals surface area contributed by atoms with Crippen molar-refractivity contribution in [3.8, 4) is 0 Å². The van der Waals surface area contributed by atoms with E-state index in [4.69, 9.17) is 0 Å². The highest BCUT2D eigenvalue weighted by Crippen LogP contribution is 2.50. The van der Waals surface area contributed by atoms with Gasteiger partial charge in [0.15, 0.2) is 0 Å². The molecule has 1 aliphatic carbocycles. The van der Waals surface area contributed by atoms with Crippen LogP contribution in [0.5, 0.6) is 0 Å². The molecule has 15 heavy (non-hydrogen) atoms. The molecular weight excluding hydrogens is 207 g/mol. The number of rotatable bonds is 3. The molecule has 1 heterocycles. The maximum absolute atomic E-state index is 12.6. The number of imidazole rings is 1. The van der Waals surface area contributed by atoms with Gasteiger partial charge in [0, 0.05) is 18.9 Å². The molecule has 1 N–H and O–H groups in total. The van der Waals surface area contributed by atoms with Crippen molar-refractivity contribution in [2.75, 3.05) is 5.32 Å². The quantitative estimate of drug-likeness (QED) is 0.846. The van der Waals surface area contributed by atoms with Gasteiger partial charge in [-0.15, -0.1) is 0 Å². The lowest BCUT2D eigenvalue weighted by atomic mass is 10.2. The first-order valence-corrected chi connectivity index (χ1v) is 4.84. The van der Waals surface area contributed by atoms with Crippen LogP contribution in [0.4, 0.5) is 19.1 Å². The lowest BCUT2D eigenvalue weighted by molar-refractivity contribution is -0.151. The number of hydrogen-bond acceptors (Lipinski definition) is 2. The first kappa shape index (κ1) is 10.3. The van der Waals surface area contributed by atoms with Gasteiger partial charge >= 0.3 is 6.18 Å². The summed E-state index contributed by atoms with van der Waals surface area (Å²) in [5.74, 6) is 0.298. The van der Waals surface area contributed by atoms with Crippen LogP contribution in [-0.4, -0.2) is 21.3 Å². The normalized spacial score (nSPS) is 18.9. The Balaban J connectivity index is 2.16. The number of aromatic nitrogens is 2.